The van der Waals surface area contributed by atoms with Crippen molar-refractivity contribution >= 4 is 23.2 Å². The molecule has 0 saturated heterocycles. The summed E-state index contributed by atoms with van der Waals surface area (Å²) in [5.41, 5.74) is 4.12. The largest absolute Gasteiger partial charge is 0.326 e. The first-order valence-electron chi connectivity index (χ1n) is 7.59. The fourth-order valence-electron chi connectivity index (χ4n) is 2.36. The first-order valence-corrected chi connectivity index (χ1v) is 7.59. The predicted molar refractivity (Wildman–Crippen MR) is 90.4 cm³/mol. The zero-order chi connectivity index (χ0) is 17.0. The number of aryl methyl sites for hydroxylation is 2. The van der Waals surface area contributed by atoms with Gasteiger partial charge in [-0.05, 0) is 32.0 Å². The molecule has 122 valence electrons. The number of carbonyl (C=O) groups is 2. The Hall–Kier alpha value is -2.63. The number of nitrogens with one attached hydrogen (secondary N) is 2. The molecule has 2 rings (SSSR count). The Labute approximate surface area is 135 Å². The summed E-state index contributed by atoms with van der Waals surface area (Å²) in [5.74, 6) is -0.168. The highest BCUT2D eigenvalue weighted by atomic mass is 16.2. The molecule has 2 amide bonds. The third-order valence-corrected chi connectivity index (χ3v) is 3.75. The summed E-state index contributed by atoms with van der Waals surface area (Å²) >= 11 is 0. The van der Waals surface area contributed by atoms with Crippen molar-refractivity contribution in [2.24, 2.45) is 7.05 Å². The highest BCUT2D eigenvalue weighted by molar-refractivity contribution is 5.94. The Morgan fingerprint density at radius 3 is 2.26 bits per heavy atom. The first-order chi connectivity index (χ1) is 10.9. The van der Waals surface area contributed by atoms with E-state index in [4.69, 9.17) is 0 Å². The van der Waals surface area contributed by atoms with Gasteiger partial charge in [0.2, 0.25) is 11.8 Å². The molecule has 0 atom stereocenters. The van der Waals surface area contributed by atoms with Crippen LogP contribution in [0.5, 0.6) is 0 Å². The van der Waals surface area contributed by atoms with E-state index in [9.17, 15) is 9.59 Å². The minimum atomic E-state index is -0.108. The summed E-state index contributed by atoms with van der Waals surface area (Å²) in [6, 6.07) is 7.12. The molecule has 0 aliphatic heterocycles. The van der Waals surface area contributed by atoms with Gasteiger partial charge in [-0.25, -0.2) is 0 Å². The second-order valence-electron chi connectivity index (χ2n) is 5.48. The van der Waals surface area contributed by atoms with Crippen molar-refractivity contribution in [2.75, 3.05) is 10.6 Å². The number of carbonyl (C=O) groups excluding carboxylic acids is 2. The number of hydrogen-bond acceptors (Lipinski definition) is 3. The fourth-order valence-corrected chi connectivity index (χ4v) is 2.36. The average Bonchev–Trinajstić information content (AvgIpc) is 2.74. The van der Waals surface area contributed by atoms with Crippen molar-refractivity contribution in [3.63, 3.8) is 0 Å². The van der Waals surface area contributed by atoms with Crippen molar-refractivity contribution in [1.29, 1.82) is 0 Å². The number of amides is 2. The van der Waals surface area contributed by atoms with Gasteiger partial charge in [-0.15, -0.1) is 0 Å². The van der Waals surface area contributed by atoms with E-state index in [1.165, 1.54) is 0 Å². The van der Waals surface area contributed by atoms with E-state index in [2.05, 4.69) is 15.7 Å². The number of aromatic nitrogens is 2. The quantitative estimate of drug-likeness (QED) is 0.890. The lowest BCUT2D eigenvalue weighted by molar-refractivity contribution is -0.116. The minimum absolute atomic E-state index is 0.0601. The number of benzene rings is 1. The van der Waals surface area contributed by atoms with E-state index in [0.717, 1.165) is 17.0 Å². The lowest BCUT2D eigenvalue weighted by Gasteiger charge is -2.08. The number of anilines is 2. The van der Waals surface area contributed by atoms with Crippen molar-refractivity contribution < 1.29 is 9.59 Å². The molecule has 0 spiro atoms. The summed E-state index contributed by atoms with van der Waals surface area (Å²) < 4.78 is 1.78. The summed E-state index contributed by atoms with van der Waals surface area (Å²) in [6.45, 7) is 5.64. The maximum Gasteiger partial charge on any atom is 0.228 e. The number of nitrogens with zero attached hydrogens (tertiary/aromatic N) is 2. The maximum absolute atomic E-state index is 12.2. The van der Waals surface area contributed by atoms with Gasteiger partial charge in [-0.1, -0.05) is 13.0 Å². The minimum Gasteiger partial charge on any atom is -0.326 e. The standard InChI is InChI=1S/C17H22N4O2/c1-5-16(22)18-13-7-6-8-14(9-13)19-17(23)10-15-11(2)20-21(4)12(15)3/h6-9H,5,10H2,1-4H3,(H,18,22)(H,19,23). The van der Waals surface area contributed by atoms with Gasteiger partial charge >= 0.3 is 0 Å². The smallest absolute Gasteiger partial charge is 0.228 e. The van der Waals surface area contributed by atoms with Gasteiger partial charge in [0.05, 0.1) is 12.1 Å². The van der Waals surface area contributed by atoms with Gasteiger partial charge in [0.1, 0.15) is 0 Å². The third-order valence-electron chi connectivity index (χ3n) is 3.75. The molecular formula is C17H22N4O2. The van der Waals surface area contributed by atoms with Crippen LogP contribution in [0, 0.1) is 13.8 Å². The molecule has 1 heterocycles. The van der Waals surface area contributed by atoms with Crippen LogP contribution in [0.25, 0.3) is 0 Å². The van der Waals surface area contributed by atoms with Crippen molar-refractivity contribution in [3.8, 4) is 0 Å². The molecule has 0 aliphatic carbocycles. The second kappa shape index (κ2) is 7.09. The monoisotopic (exact) mass is 314 g/mol. The Balaban J connectivity index is 2.05. The molecule has 0 radical (unpaired) electrons. The second-order valence-corrected chi connectivity index (χ2v) is 5.48. The van der Waals surface area contributed by atoms with Gasteiger partial charge in [-0.3, -0.25) is 14.3 Å². The van der Waals surface area contributed by atoms with E-state index >= 15 is 0 Å². The average molecular weight is 314 g/mol. The number of hydrogen-bond donors (Lipinski definition) is 2. The summed E-state index contributed by atoms with van der Waals surface area (Å²) in [6.07, 6.45) is 0.688. The molecule has 0 bridgehead atoms. The molecule has 0 aliphatic rings. The van der Waals surface area contributed by atoms with Gasteiger partial charge in [0.25, 0.3) is 0 Å². The van der Waals surface area contributed by atoms with Crippen LogP contribution in [0.2, 0.25) is 0 Å². The van der Waals surface area contributed by atoms with Crippen LogP contribution in [0.3, 0.4) is 0 Å². The lowest BCUT2D eigenvalue weighted by atomic mass is 10.1. The predicted octanol–water partition coefficient (Wildman–Crippen LogP) is 2.57. The van der Waals surface area contributed by atoms with Crippen LogP contribution in [-0.4, -0.2) is 21.6 Å². The van der Waals surface area contributed by atoms with Crippen LogP contribution in [-0.2, 0) is 23.1 Å². The number of rotatable bonds is 5. The summed E-state index contributed by atoms with van der Waals surface area (Å²) in [4.78, 5) is 23.7. The van der Waals surface area contributed by atoms with Crippen molar-refractivity contribution in [3.05, 3.63) is 41.2 Å². The molecule has 1 aromatic carbocycles. The highest BCUT2D eigenvalue weighted by Gasteiger charge is 2.13. The maximum atomic E-state index is 12.2. The summed E-state index contributed by atoms with van der Waals surface area (Å²) in [5, 5.41) is 9.95. The van der Waals surface area contributed by atoms with Crippen LogP contribution in [0.1, 0.15) is 30.3 Å². The molecule has 0 unspecified atom stereocenters. The Kier molecular flexibility index (Phi) is 5.16. The van der Waals surface area contributed by atoms with Crippen molar-refractivity contribution in [2.45, 2.75) is 33.6 Å². The molecule has 6 heteroatoms. The fraction of sp³-hybridized carbons (Fsp3) is 0.353. The normalized spacial score (nSPS) is 10.4. The molecule has 0 fully saturated rings. The van der Waals surface area contributed by atoms with Gasteiger partial charge < -0.3 is 10.6 Å². The van der Waals surface area contributed by atoms with Gasteiger partial charge in [-0.2, -0.15) is 5.10 Å². The lowest BCUT2D eigenvalue weighted by Crippen LogP contribution is -2.16. The topological polar surface area (TPSA) is 76.0 Å². The van der Waals surface area contributed by atoms with Crippen LogP contribution in [0.15, 0.2) is 24.3 Å². The molecule has 2 aromatic rings. The van der Waals surface area contributed by atoms with Crippen LogP contribution in [0.4, 0.5) is 11.4 Å². The Morgan fingerprint density at radius 1 is 1.13 bits per heavy atom. The summed E-state index contributed by atoms with van der Waals surface area (Å²) in [7, 11) is 1.86. The van der Waals surface area contributed by atoms with Gasteiger partial charge in [0, 0.05) is 36.1 Å². The van der Waals surface area contributed by atoms with E-state index in [0.29, 0.717) is 17.8 Å². The Bertz CT molecular complexity index is 734. The molecule has 1 aromatic heterocycles. The Morgan fingerprint density at radius 2 is 1.74 bits per heavy atom. The molecule has 23 heavy (non-hydrogen) atoms. The van der Waals surface area contributed by atoms with Gasteiger partial charge in [0.15, 0.2) is 0 Å². The zero-order valence-corrected chi connectivity index (χ0v) is 13.9. The third kappa shape index (κ3) is 4.18. The van der Waals surface area contributed by atoms with Crippen LogP contribution < -0.4 is 10.6 Å². The molecule has 6 nitrogen and oxygen atoms in total. The van der Waals surface area contributed by atoms with E-state index < -0.39 is 0 Å². The first kappa shape index (κ1) is 16.7. The van der Waals surface area contributed by atoms with Crippen molar-refractivity contribution in [1.82, 2.24) is 9.78 Å². The highest BCUT2D eigenvalue weighted by Crippen LogP contribution is 2.17. The van der Waals surface area contributed by atoms with Crippen LogP contribution >= 0.6 is 0 Å². The molecule has 0 saturated carbocycles. The van der Waals surface area contributed by atoms with E-state index in [1.54, 1.807) is 35.9 Å². The zero-order valence-electron chi connectivity index (χ0n) is 13.9. The van der Waals surface area contributed by atoms with E-state index in [-0.39, 0.29) is 18.2 Å². The molecular weight excluding hydrogens is 292 g/mol. The molecule has 2 N–H and O–H groups in total. The SMILES string of the molecule is CCC(=O)Nc1cccc(NC(=O)Cc2c(C)nn(C)c2C)c1. The van der Waals surface area contributed by atoms with E-state index in [1.807, 2.05) is 20.9 Å².